The lowest BCUT2D eigenvalue weighted by molar-refractivity contribution is 0.0730. The van der Waals surface area contributed by atoms with Gasteiger partial charge in [-0.1, -0.05) is 11.6 Å². The van der Waals surface area contributed by atoms with E-state index in [1.54, 1.807) is 18.3 Å². The van der Waals surface area contributed by atoms with E-state index < -0.39 is 15.9 Å². The van der Waals surface area contributed by atoms with Crippen molar-refractivity contribution in [2.75, 3.05) is 31.6 Å². The van der Waals surface area contributed by atoms with Crippen LogP contribution >= 0.6 is 27.5 Å². The van der Waals surface area contributed by atoms with Gasteiger partial charge in [0.05, 0.1) is 23.1 Å². The van der Waals surface area contributed by atoms with Gasteiger partial charge in [-0.05, 0) is 52.3 Å². The van der Waals surface area contributed by atoms with Crippen molar-refractivity contribution in [1.29, 1.82) is 0 Å². The molecule has 1 fully saturated rings. The molecule has 1 aromatic carbocycles. The summed E-state index contributed by atoms with van der Waals surface area (Å²) in [5.41, 5.74) is 0.638. The summed E-state index contributed by atoms with van der Waals surface area (Å²) in [5.74, 6) is -0.143. The summed E-state index contributed by atoms with van der Waals surface area (Å²) in [6, 6.07) is 10.9. The number of amides is 1. The minimum atomic E-state index is -3.61. The number of pyridine rings is 1. The number of anilines is 1. The van der Waals surface area contributed by atoms with Crippen molar-refractivity contribution in [1.82, 2.24) is 19.1 Å². The average Bonchev–Trinajstić information content (AvgIpc) is 3.16. The molecule has 4 rings (SSSR count). The number of hydrogen-bond acceptors (Lipinski definition) is 6. The van der Waals surface area contributed by atoms with Gasteiger partial charge in [-0.3, -0.25) is 4.79 Å². The van der Waals surface area contributed by atoms with Gasteiger partial charge in [-0.25, -0.2) is 18.1 Å². The Morgan fingerprint density at radius 1 is 1.16 bits per heavy atom. The molecule has 0 unspecified atom stereocenters. The molecule has 3 heterocycles. The number of sulfonamides is 1. The minimum Gasteiger partial charge on any atom is -0.379 e. The van der Waals surface area contributed by atoms with Crippen LogP contribution in [0.15, 0.2) is 58.2 Å². The number of nitrogens with one attached hydrogen (secondary N) is 1. The fourth-order valence-corrected chi connectivity index (χ4v) is 5.03. The highest BCUT2D eigenvalue weighted by Gasteiger charge is 2.26. The van der Waals surface area contributed by atoms with Crippen molar-refractivity contribution in [3.8, 4) is 5.82 Å². The number of rotatable bonds is 5. The van der Waals surface area contributed by atoms with E-state index in [9.17, 15) is 13.2 Å². The van der Waals surface area contributed by atoms with Crippen LogP contribution in [0.5, 0.6) is 0 Å². The predicted molar refractivity (Wildman–Crippen MR) is 118 cm³/mol. The summed E-state index contributed by atoms with van der Waals surface area (Å²) in [5, 5.41) is 7.31. The van der Waals surface area contributed by atoms with Gasteiger partial charge in [0.25, 0.3) is 5.91 Å². The molecular formula is C19H17BrClN5O4S. The first kappa shape index (κ1) is 21.9. The van der Waals surface area contributed by atoms with Crippen molar-refractivity contribution in [3.05, 3.63) is 64.0 Å². The second-order valence-corrected chi connectivity index (χ2v) is 9.73. The SMILES string of the molecule is O=C(Nc1ccc(S(=O)(=O)N2CCOCC2)cc1)c1cc(Br)nn1-c1ncccc1Cl. The maximum Gasteiger partial charge on any atom is 0.274 e. The van der Waals surface area contributed by atoms with Gasteiger partial charge >= 0.3 is 0 Å². The summed E-state index contributed by atoms with van der Waals surface area (Å²) in [7, 11) is -3.61. The lowest BCUT2D eigenvalue weighted by Crippen LogP contribution is -2.40. The van der Waals surface area contributed by atoms with Crippen LogP contribution in [-0.4, -0.2) is 59.7 Å². The topological polar surface area (TPSA) is 106 Å². The molecule has 1 aliphatic heterocycles. The molecule has 0 aliphatic carbocycles. The molecule has 12 heteroatoms. The first-order valence-electron chi connectivity index (χ1n) is 9.22. The number of carbonyl (C=O) groups is 1. The maximum absolute atomic E-state index is 12.9. The lowest BCUT2D eigenvalue weighted by atomic mass is 10.3. The molecule has 162 valence electrons. The van der Waals surface area contributed by atoms with Crippen LogP contribution in [0, 0.1) is 0 Å². The van der Waals surface area contributed by atoms with Crippen molar-refractivity contribution in [2.45, 2.75) is 4.90 Å². The number of halogens is 2. The zero-order valence-corrected chi connectivity index (χ0v) is 19.2. The molecule has 1 amide bonds. The van der Waals surface area contributed by atoms with Crippen LogP contribution < -0.4 is 5.32 Å². The molecule has 31 heavy (non-hydrogen) atoms. The first-order valence-corrected chi connectivity index (χ1v) is 11.8. The molecule has 3 aromatic rings. The Hall–Kier alpha value is -2.31. The van der Waals surface area contributed by atoms with Gasteiger partial charge < -0.3 is 10.1 Å². The fraction of sp³-hybridized carbons (Fsp3) is 0.211. The van der Waals surface area contributed by atoms with Gasteiger partial charge in [-0.2, -0.15) is 9.40 Å². The van der Waals surface area contributed by atoms with Crippen LogP contribution in [0.1, 0.15) is 10.5 Å². The van der Waals surface area contributed by atoms with E-state index in [4.69, 9.17) is 16.3 Å². The summed E-state index contributed by atoms with van der Waals surface area (Å²) >= 11 is 9.45. The Kier molecular flexibility index (Phi) is 6.39. The van der Waals surface area contributed by atoms with Crippen LogP contribution in [0.3, 0.4) is 0 Å². The van der Waals surface area contributed by atoms with Gasteiger partial charge in [0, 0.05) is 31.0 Å². The molecule has 0 radical (unpaired) electrons. The molecule has 2 aromatic heterocycles. The third-order valence-corrected chi connectivity index (χ3v) is 7.17. The zero-order valence-electron chi connectivity index (χ0n) is 16.0. The predicted octanol–water partition coefficient (Wildman–Crippen LogP) is 2.96. The van der Waals surface area contributed by atoms with E-state index in [0.29, 0.717) is 47.4 Å². The molecule has 1 N–H and O–H groups in total. The number of benzene rings is 1. The summed E-state index contributed by atoms with van der Waals surface area (Å²) in [6.07, 6.45) is 1.55. The number of hydrogen-bond donors (Lipinski definition) is 1. The van der Waals surface area contributed by atoms with Gasteiger partial charge in [-0.15, -0.1) is 0 Å². The highest BCUT2D eigenvalue weighted by molar-refractivity contribution is 9.10. The van der Waals surface area contributed by atoms with Gasteiger partial charge in [0.1, 0.15) is 10.3 Å². The number of morpholine rings is 1. The number of ether oxygens (including phenoxy) is 1. The van der Waals surface area contributed by atoms with E-state index in [1.807, 2.05) is 0 Å². The van der Waals surface area contributed by atoms with Gasteiger partial charge in [0.2, 0.25) is 10.0 Å². The maximum atomic E-state index is 12.9. The Balaban J connectivity index is 1.54. The van der Waals surface area contributed by atoms with Crippen molar-refractivity contribution in [3.63, 3.8) is 0 Å². The molecule has 9 nitrogen and oxygen atoms in total. The first-order chi connectivity index (χ1) is 14.9. The molecule has 0 saturated carbocycles. The highest BCUT2D eigenvalue weighted by Crippen LogP contribution is 2.23. The molecule has 0 bridgehead atoms. The summed E-state index contributed by atoms with van der Waals surface area (Å²) < 4.78 is 33.8. The normalized spacial score (nSPS) is 15.0. The number of nitrogens with zero attached hydrogens (tertiary/aromatic N) is 4. The van der Waals surface area contributed by atoms with Crippen LogP contribution in [0.2, 0.25) is 5.02 Å². The Bertz CT molecular complexity index is 1210. The van der Waals surface area contributed by atoms with E-state index >= 15 is 0 Å². The molecule has 1 aliphatic rings. The smallest absolute Gasteiger partial charge is 0.274 e. The summed E-state index contributed by atoms with van der Waals surface area (Å²) in [6.45, 7) is 1.37. The standard InChI is InChI=1S/C19H17BrClN5O4S/c20-17-12-16(26(24-17)18-15(21)2-1-7-22-18)19(27)23-13-3-5-14(6-4-13)31(28,29)25-8-10-30-11-9-25/h1-7,12H,8-11H2,(H,23,27). The Morgan fingerprint density at radius 2 is 1.87 bits per heavy atom. The monoisotopic (exact) mass is 525 g/mol. The summed E-state index contributed by atoms with van der Waals surface area (Å²) in [4.78, 5) is 17.2. The van der Waals surface area contributed by atoms with Gasteiger partial charge in [0.15, 0.2) is 5.82 Å². The highest BCUT2D eigenvalue weighted by atomic mass is 79.9. The van der Waals surface area contributed by atoms with E-state index in [2.05, 4.69) is 31.3 Å². The fourth-order valence-electron chi connectivity index (χ4n) is 3.05. The average molecular weight is 527 g/mol. The third kappa shape index (κ3) is 4.65. The molecule has 1 saturated heterocycles. The largest absolute Gasteiger partial charge is 0.379 e. The van der Waals surface area contributed by atoms with E-state index in [-0.39, 0.29) is 10.6 Å². The second kappa shape index (κ2) is 9.05. The third-order valence-electron chi connectivity index (χ3n) is 4.57. The van der Waals surface area contributed by atoms with Crippen LogP contribution in [-0.2, 0) is 14.8 Å². The van der Waals surface area contributed by atoms with Crippen molar-refractivity contribution < 1.29 is 17.9 Å². The van der Waals surface area contributed by atoms with Crippen molar-refractivity contribution in [2.24, 2.45) is 0 Å². The Morgan fingerprint density at radius 3 is 2.55 bits per heavy atom. The quantitative estimate of drug-likeness (QED) is 0.548. The van der Waals surface area contributed by atoms with Crippen LogP contribution in [0.4, 0.5) is 5.69 Å². The zero-order chi connectivity index (χ0) is 22.0. The molecular weight excluding hydrogens is 510 g/mol. The molecule has 0 atom stereocenters. The van der Waals surface area contributed by atoms with E-state index in [0.717, 1.165) is 0 Å². The molecule has 0 spiro atoms. The number of aromatic nitrogens is 3. The lowest BCUT2D eigenvalue weighted by Gasteiger charge is -2.26. The van der Waals surface area contributed by atoms with Crippen molar-refractivity contribution >= 4 is 49.1 Å². The second-order valence-electron chi connectivity index (χ2n) is 6.57. The van der Waals surface area contributed by atoms with E-state index in [1.165, 1.54) is 39.3 Å². The minimum absolute atomic E-state index is 0.153. The number of carbonyl (C=O) groups excluding carboxylic acids is 1. The Labute approximate surface area is 192 Å². The van der Waals surface area contributed by atoms with Crippen LogP contribution in [0.25, 0.3) is 5.82 Å².